The van der Waals surface area contributed by atoms with Crippen LogP contribution in [0.3, 0.4) is 0 Å². The number of carboxylic acid groups (broad SMARTS) is 1. The molecule has 0 bridgehead atoms. The van der Waals surface area contributed by atoms with Gasteiger partial charge < -0.3 is 5.11 Å². The largest absolute Gasteiger partial charge is 0.481 e. The Morgan fingerprint density at radius 3 is 2.94 bits per heavy atom. The molecule has 1 N–H and O–H groups in total. The predicted molar refractivity (Wildman–Crippen MR) is 58.3 cm³/mol. The lowest BCUT2D eigenvalue weighted by atomic mass is 10.2. The average Bonchev–Trinajstić information content (AvgIpc) is 2.81. The predicted octanol–water partition coefficient (Wildman–Crippen LogP) is -0.345. The van der Waals surface area contributed by atoms with Crippen molar-refractivity contribution >= 4 is 15.8 Å². The highest BCUT2D eigenvalue weighted by Gasteiger charge is 2.29. The van der Waals surface area contributed by atoms with Crippen molar-refractivity contribution in [1.29, 1.82) is 0 Å². The molecular weight excluding hydrogens is 246 g/mol. The highest BCUT2D eigenvalue weighted by molar-refractivity contribution is 7.91. The zero-order chi connectivity index (χ0) is 12.5. The van der Waals surface area contributed by atoms with Crippen LogP contribution in [-0.2, 0) is 21.1 Å². The van der Waals surface area contributed by atoms with Crippen molar-refractivity contribution in [2.75, 3.05) is 11.5 Å². The molecule has 0 radical (unpaired) electrons. The van der Waals surface area contributed by atoms with Crippen molar-refractivity contribution in [3.8, 4) is 0 Å². The van der Waals surface area contributed by atoms with Gasteiger partial charge in [0.1, 0.15) is 0 Å². The van der Waals surface area contributed by atoms with E-state index in [0.29, 0.717) is 18.5 Å². The SMILES string of the molecule is O=C(O)CCc1cn(C2CCS(=O)(=O)C2)nn1. The molecule has 2 heterocycles. The van der Waals surface area contributed by atoms with Crippen LogP contribution >= 0.6 is 0 Å². The van der Waals surface area contributed by atoms with Crippen LogP contribution in [0, 0.1) is 0 Å². The van der Waals surface area contributed by atoms with Gasteiger partial charge in [0.25, 0.3) is 0 Å². The number of rotatable bonds is 4. The van der Waals surface area contributed by atoms with Gasteiger partial charge >= 0.3 is 5.97 Å². The van der Waals surface area contributed by atoms with Crippen LogP contribution < -0.4 is 0 Å². The van der Waals surface area contributed by atoms with E-state index in [4.69, 9.17) is 5.11 Å². The monoisotopic (exact) mass is 259 g/mol. The molecule has 0 amide bonds. The summed E-state index contributed by atoms with van der Waals surface area (Å²) in [5.74, 6) is -0.612. The molecule has 1 saturated heterocycles. The van der Waals surface area contributed by atoms with E-state index < -0.39 is 15.8 Å². The van der Waals surface area contributed by atoms with E-state index in [-0.39, 0.29) is 24.0 Å². The van der Waals surface area contributed by atoms with Crippen LogP contribution in [0.2, 0.25) is 0 Å². The van der Waals surface area contributed by atoms with E-state index in [1.807, 2.05) is 0 Å². The summed E-state index contributed by atoms with van der Waals surface area (Å²) in [6, 6.07) is -0.161. The first-order valence-electron chi connectivity index (χ1n) is 5.29. The first kappa shape index (κ1) is 12.0. The summed E-state index contributed by atoms with van der Waals surface area (Å²) >= 11 is 0. The van der Waals surface area contributed by atoms with Gasteiger partial charge in [0.2, 0.25) is 0 Å². The number of aromatic nitrogens is 3. The van der Waals surface area contributed by atoms with E-state index in [0.717, 1.165) is 0 Å². The van der Waals surface area contributed by atoms with Crippen LogP contribution in [0.1, 0.15) is 24.6 Å². The minimum atomic E-state index is -2.94. The lowest BCUT2D eigenvalue weighted by molar-refractivity contribution is -0.136. The normalized spacial score (nSPS) is 22.7. The molecule has 17 heavy (non-hydrogen) atoms. The van der Waals surface area contributed by atoms with Gasteiger partial charge in [-0.2, -0.15) is 0 Å². The summed E-state index contributed by atoms with van der Waals surface area (Å²) in [7, 11) is -2.94. The van der Waals surface area contributed by atoms with Gasteiger partial charge in [-0.1, -0.05) is 5.21 Å². The second-order valence-electron chi connectivity index (χ2n) is 4.14. The highest BCUT2D eigenvalue weighted by atomic mass is 32.2. The van der Waals surface area contributed by atoms with E-state index >= 15 is 0 Å². The second kappa shape index (κ2) is 4.44. The van der Waals surface area contributed by atoms with Gasteiger partial charge in [0.05, 0.1) is 29.7 Å². The summed E-state index contributed by atoms with van der Waals surface area (Å²) in [5.41, 5.74) is 0.580. The zero-order valence-corrected chi connectivity index (χ0v) is 9.93. The zero-order valence-electron chi connectivity index (χ0n) is 9.11. The molecule has 1 atom stereocenters. The standard InChI is InChI=1S/C9H13N3O4S/c13-9(14)2-1-7-5-12(11-10-7)8-3-4-17(15,16)6-8/h5,8H,1-4,6H2,(H,13,14). The second-order valence-corrected chi connectivity index (χ2v) is 6.37. The van der Waals surface area contributed by atoms with Crippen LogP contribution in [-0.4, -0.2) is 46.0 Å². The van der Waals surface area contributed by atoms with E-state index in [1.165, 1.54) is 4.68 Å². The first-order valence-corrected chi connectivity index (χ1v) is 7.11. The first-order chi connectivity index (χ1) is 7.96. The number of hydrogen-bond acceptors (Lipinski definition) is 5. The molecule has 1 aliphatic rings. The molecule has 1 aromatic heterocycles. The highest BCUT2D eigenvalue weighted by Crippen LogP contribution is 2.22. The van der Waals surface area contributed by atoms with E-state index in [2.05, 4.69) is 10.3 Å². The van der Waals surface area contributed by atoms with Crippen LogP contribution in [0.5, 0.6) is 0 Å². The third-order valence-corrected chi connectivity index (χ3v) is 4.49. The quantitative estimate of drug-likeness (QED) is 0.793. The molecule has 0 aliphatic carbocycles. The van der Waals surface area contributed by atoms with Gasteiger partial charge in [-0.05, 0) is 6.42 Å². The van der Waals surface area contributed by atoms with Gasteiger partial charge in [0.15, 0.2) is 9.84 Å². The summed E-state index contributed by atoms with van der Waals surface area (Å²) < 4.78 is 24.1. The van der Waals surface area contributed by atoms with E-state index in [1.54, 1.807) is 6.20 Å². The minimum Gasteiger partial charge on any atom is -0.481 e. The summed E-state index contributed by atoms with van der Waals surface area (Å²) in [5, 5.41) is 16.2. The van der Waals surface area contributed by atoms with Crippen LogP contribution in [0.25, 0.3) is 0 Å². The molecule has 94 valence electrons. The molecule has 1 aromatic rings. The molecule has 2 rings (SSSR count). The van der Waals surface area contributed by atoms with E-state index in [9.17, 15) is 13.2 Å². The fraction of sp³-hybridized carbons (Fsp3) is 0.667. The molecule has 0 saturated carbocycles. The lowest BCUT2D eigenvalue weighted by Gasteiger charge is -2.05. The lowest BCUT2D eigenvalue weighted by Crippen LogP contribution is -2.11. The average molecular weight is 259 g/mol. The third-order valence-electron chi connectivity index (χ3n) is 2.74. The van der Waals surface area contributed by atoms with Crippen LogP contribution in [0.4, 0.5) is 0 Å². The molecule has 0 spiro atoms. The molecule has 8 heteroatoms. The maximum atomic E-state index is 11.3. The molecule has 7 nitrogen and oxygen atoms in total. The number of aryl methyl sites for hydroxylation is 1. The number of aliphatic carboxylic acids is 1. The molecule has 1 aliphatic heterocycles. The van der Waals surface area contributed by atoms with Crippen molar-refractivity contribution in [1.82, 2.24) is 15.0 Å². The Kier molecular flexibility index (Phi) is 3.14. The molecular formula is C9H13N3O4S. The number of nitrogens with zero attached hydrogens (tertiary/aromatic N) is 3. The maximum Gasteiger partial charge on any atom is 0.303 e. The number of carboxylic acids is 1. The fourth-order valence-electron chi connectivity index (χ4n) is 1.83. The topological polar surface area (TPSA) is 102 Å². The van der Waals surface area contributed by atoms with Gasteiger partial charge in [0, 0.05) is 12.6 Å². The Hall–Kier alpha value is -1.44. The third kappa shape index (κ3) is 3.02. The number of carbonyl (C=O) groups is 1. The van der Waals surface area contributed by atoms with Crippen molar-refractivity contribution in [3.63, 3.8) is 0 Å². The Balaban J connectivity index is 2.01. The maximum absolute atomic E-state index is 11.3. The van der Waals surface area contributed by atoms with Crippen molar-refractivity contribution in [3.05, 3.63) is 11.9 Å². The van der Waals surface area contributed by atoms with Gasteiger partial charge in [-0.3, -0.25) is 4.79 Å². The Labute approximate surface area is 98.4 Å². The van der Waals surface area contributed by atoms with Crippen molar-refractivity contribution < 1.29 is 18.3 Å². The molecule has 0 aromatic carbocycles. The van der Waals surface area contributed by atoms with Crippen molar-refractivity contribution in [2.45, 2.75) is 25.3 Å². The van der Waals surface area contributed by atoms with Gasteiger partial charge in [-0.25, -0.2) is 13.1 Å². The Bertz CT molecular complexity index is 522. The molecule has 1 unspecified atom stereocenters. The fourth-order valence-corrected chi connectivity index (χ4v) is 3.53. The summed E-state index contributed by atoms with van der Waals surface area (Å²) in [6.07, 6.45) is 2.50. The molecule has 1 fully saturated rings. The van der Waals surface area contributed by atoms with Gasteiger partial charge in [-0.15, -0.1) is 5.10 Å². The number of sulfone groups is 1. The Morgan fingerprint density at radius 1 is 1.59 bits per heavy atom. The number of hydrogen-bond donors (Lipinski definition) is 1. The summed E-state index contributed by atoms with van der Waals surface area (Å²) in [6.45, 7) is 0. The smallest absolute Gasteiger partial charge is 0.303 e. The van der Waals surface area contributed by atoms with Crippen molar-refractivity contribution in [2.24, 2.45) is 0 Å². The minimum absolute atomic E-state index is 0.00165. The van der Waals surface area contributed by atoms with Crippen LogP contribution in [0.15, 0.2) is 6.20 Å². The Morgan fingerprint density at radius 2 is 2.35 bits per heavy atom. The summed E-state index contributed by atoms with van der Waals surface area (Å²) in [4.78, 5) is 10.4.